The Labute approximate surface area is 174 Å². The lowest BCUT2D eigenvalue weighted by Gasteiger charge is -2.57. The number of aliphatic hydroxyl groups is 1. The van der Waals surface area contributed by atoms with Gasteiger partial charge in [-0.3, -0.25) is 0 Å². The number of hydrogen-bond donors (Lipinski definition) is 1. The number of fused-ring (bicyclic) bond motifs is 5. The first-order valence-corrected chi connectivity index (χ1v) is 12.3. The number of allylic oxidation sites excluding steroid dienone is 4. The van der Waals surface area contributed by atoms with Crippen molar-refractivity contribution in [3.8, 4) is 0 Å². The molecule has 0 heterocycles. The van der Waals surface area contributed by atoms with E-state index in [1.807, 2.05) is 0 Å². The molecule has 0 unspecified atom stereocenters. The van der Waals surface area contributed by atoms with Crippen LogP contribution in [0.5, 0.6) is 0 Å². The average Bonchev–Trinajstić information content (AvgIpc) is 2.91. The molecule has 1 nitrogen and oxygen atoms in total. The largest absolute Gasteiger partial charge is 0.393 e. The van der Waals surface area contributed by atoms with Crippen LogP contribution in [0.3, 0.4) is 0 Å². The van der Waals surface area contributed by atoms with Crippen molar-refractivity contribution in [1.82, 2.24) is 0 Å². The van der Waals surface area contributed by atoms with Crippen molar-refractivity contribution in [2.24, 2.45) is 46.3 Å². The third-order valence-corrected chi connectivity index (χ3v) is 9.82. The van der Waals surface area contributed by atoms with Crippen LogP contribution >= 0.6 is 0 Å². The summed E-state index contributed by atoms with van der Waals surface area (Å²) >= 11 is 0. The summed E-state index contributed by atoms with van der Waals surface area (Å²) in [6.07, 6.45) is 18.9. The molecule has 0 aromatic rings. The van der Waals surface area contributed by atoms with Gasteiger partial charge in [0.05, 0.1) is 6.10 Å². The predicted octanol–water partition coefficient (Wildman–Crippen LogP) is 7.16. The maximum absolute atomic E-state index is 11.2. The summed E-state index contributed by atoms with van der Waals surface area (Å²) in [5.74, 6) is 4.31. The van der Waals surface area contributed by atoms with E-state index in [0.717, 1.165) is 30.1 Å². The maximum atomic E-state index is 11.2. The standard InChI is InChI=1S/C27H44O/c1-18(2)9-8-10-19(3)25-24(28)17-23-21-13-12-20-11-6-7-15-26(20,4)22(21)14-16-27(23,25)5/h6,11-12,18-19,21-25,28H,7-10,13-17H2,1-5H3/t19-,21-,22+,23+,24+,25+,26+,27+/m1/s1. The van der Waals surface area contributed by atoms with Crippen LogP contribution in [0.1, 0.15) is 92.4 Å². The quantitative estimate of drug-likeness (QED) is 0.533. The summed E-state index contributed by atoms with van der Waals surface area (Å²) in [5.41, 5.74) is 2.37. The molecule has 0 aliphatic heterocycles. The molecule has 0 spiro atoms. The lowest BCUT2D eigenvalue weighted by Crippen LogP contribution is -2.49. The normalized spacial score (nSPS) is 46.0. The van der Waals surface area contributed by atoms with Crippen LogP contribution in [-0.2, 0) is 0 Å². The molecule has 0 saturated heterocycles. The molecule has 0 bridgehead atoms. The molecule has 4 aliphatic rings. The second-order valence-electron chi connectivity index (χ2n) is 11.8. The minimum Gasteiger partial charge on any atom is -0.393 e. The summed E-state index contributed by atoms with van der Waals surface area (Å²) in [6, 6.07) is 0. The van der Waals surface area contributed by atoms with Gasteiger partial charge in [-0.25, -0.2) is 0 Å². The van der Waals surface area contributed by atoms with E-state index in [4.69, 9.17) is 0 Å². The van der Waals surface area contributed by atoms with E-state index in [-0.39, 0.29) is 6.10 Å². The van der Waals surface area contributed by atoms with Gasteiger partial charge >= 0.3 is 0 Å². The second-order valence-corrected chi connectivity index (χ2v) is 11.8. The zero-order chi connectivity index (χ0) is 20.1. The fourth-order valence-electron chi connectivity index (χ4n) is 8.41. The first kappa shape index (κ1) is 20.7. The Hall–Kier alpha value is -0.560. The van der Waals surface area contributed by atoms with E-state index < -0.39 is 0 Å². The zero-order valence-corrected chi connectivity index (χ0v) is 19.1. The molecule has 0 radical (unpaired) electrons. The van der Waals surface area contributed by atoms with Crippen molar-refractivity contribution in [2.45, 2.75) is 98.5 Å². The van der Waals surface area contributed by atoms with E-state index in [0.29, 0.717) is 22.7 Å². The van der Waals surface area contributed by atoms with Crippen molar-refractivity contribution in [2.75, 3.05) is 0 Å². The van der Waals surface area contributed by atoms with Gasteiger partial charge in [0.15, 0.2) is 0 Å². The van der Waals surface area contributed by atoms with E-state index in [1.54, 1.807) is 5.57 Å². The third kappa shape index (κ3) is 3.24. The molecule has 1 heteroatoms. The average molecular weight is 385 g/mol. The van der Waals surface area contributed by atoms with Gasteiger partial charge in [0.25, 0.3) is 0 Å². The molecular formula is C27H44O. The Morgan fingerprint density at radius 2 is 1.89 bits per heavy atom. The maximum Gasteiger partial charge on any atom is 0.0579 e. The Morgan fingerprint density at radius 1 is 1.11 bits per heavy atom. The molecule has 4 aliphatic carbocycles. The molecular weight excluding hydrogens is 340 g/mol. The van der Waals surface area contributed by atoms with Gasteiger partial charge in [0.1, 0.15) is 0 Å². The Morgan fingerprint density at radius 3 is 2.64 bits per heavy atom. The van der Waals surface area contributed by atoms with Crippen LogP contribution in [0.15, 0.2) is 23.8 Å². The van der Waals surface area contributed by atoms with Gasteiger partial charge in [-0.1, -0.05) is 72.1 Å². The number of hydrogen-bond acceptors (Lipinski definition) is 1. The van der Waals surface area contributed by atoms with Gasteiger partial charge in [0, 0.05) is 0 Å². The highest BCUT2D eigenvalue weighted by molar-refractivity contribution is 5.34. The van der Waals surface area contributed by atoms with E-state index in [1.165, 1.54) is 51.4 Å². The lowest BCUT2D eigenvalue weighted by atomic mass is 9.47. The summed E-state index contributed by atoms with van der Waals surface area (Å²) in [5, 5.41) is 11.2. The van der Waals surface area contributed by atoms with Crippen molar-refractivity contribution < 1.29 is 5.11 Å². The van der Waals surface area contributed by atoms with Crippen LogP contribution in [0.25, 0.3) is 0 Å². The topological polar surface area (TPSA) is 20.2 Å². The predicted molar refractivity (Wildman–Crippen MR) is 119 cm³/mol. The molecule has 1 N–H and O–H groups in total. The number of aliphatic hydroxyl groups excluding tert-OH is 1. The Kier molecular flexibility index (Phi) is 5.62. The van der Waals surface area contributed by atoms with Gasteiger partial charge in [-0.2, -0.15) is 0 Å². The minimum absolute atomic E-state index is 0.0766. The highest BCUT2D eigenvalue weighted by atomic mass is 16.3. The van der Waals surface area contributed by atoms with Crippen LogP contribution in [0.4, 0.5) is 0 Å². The van der Waals surface area contributed by atoms with Crippen molar-refractivity contribution in [3.63, 3.8) is 0 Å². The van der Waals surface area contributed by atoms with Crippen LogP contribution in [0, 0.1) is 46.3 Å². The summed E-state index contributed by atoms with van der Waals surface area (Å²) in [7, 11) is 0. The minimum atomic E-state index is -0.0766. The van der Waals surface area contributed by atoms with E-state index in [9.17, 15) is 5.11 Å². The molecule has 28 heavy (non-hydrogen) atoms. The van der Waals surface area contributed by atoms with Crippen LogP contribution < -0.4 is 0 Å². The first-order valence-electron chi connectivity index (χ1n) is 12.3. The second kappa shape index (κ2) is 7.60. The Balaban J connectivity index is 1.54. The fourth-order valence-corrected chi connectivity index (χ4v) is 8.41. The molecule has 2 fully saturated rings. The molecule has 158 valence electrons. The van der Waals surface area contributed by atoms with Gasteiger partial charge < -0.3 is 5.11 Å². The molecule has 8 atom stereocenters. The molecule has 2 saturated carbocycles. The van der Waals surface area contributed by atoms with Gasteiger partial charge in [-0.05, 0) is 90.4 Å². The molecule has 0 amide bonds. The molecule has 0 aromatic heterocycles. The first-order chi connectivity index (χ1) is 13.3. The van der Waals surface area contributed by atoms with E-state index in [2.05, 4.69) is 52.8 Å². The van der Waals surface area contributed by atoms with Crippen molar-refractivity contribution >= 4 is 0 Å². The smallest absolute Gasteiger partial charge is 0.0579 e. The van der Waals surface area contributed by atoms with Gasteiger partial charge in [0.2, 0.25) is 0 Å². The summed E-state index contributed by atoms with van der Waals surface area (Å²) in [4.78, 5) is 0. The molecule has 4 rings (SSSR count). The molecule has 0 aromatic carbocycles. The highest BCUT2D eigenvalue weighted by Gasteiger charge is 2.61. The summed E-state index contributed by atoms with van der Waals surface area (Å²) < 4.78 is 0. The van der Waals surface area contributed by atoms with Crippen LogP contribution in [0.2, 0.25) is 0 Å². The van der Waals surface area contributed by atoms with Gasteiger partial charge in [-0.15, -0.1) is 0 Å². The fraction of sp³-hybridized carbons (Fsp3) is 0.852. The van der Waals surface area contributed by atoms with Crippen LogP contribution in [-0.4, -0.2) is 11.2 Å². The third-order valence-electron chi connectivity index (χ3n) is 9.82. The highest BCUT2D eigenvalue weighted by Crippen LogP contribution is 2.66. The monoisotopic (exact) mass is 384 g/mol. The Bertz CT molecular complexity index is 630. The lowest BCUT2D eigenvalue weighted by molar-refractivity contribution is -0.0517. The van der Waals surface area contributed by atoms with Crippen molar-refractivity contribution in [3.05, 3.63) is 23.8 Å². The van der Waals surface area contributed by atoms with Crippen molar-refractivity contribution in [1.29, 1.82) is 0 Å². The van der Waals surface area contributed by atoms with E-state index >= 15 is 0 Å². The zero-order valence-electron chi connectivity index (χ0n) is 19.1. The number of rotatable bonds is 5. The summed E-state index contributed by atoms with van der Waals surface area (Å²) in [6.45, 7) is 12.2. The SMILES string of the molecule is CC(C)CCC[C@@H](C)[C@H]1[C@@H](O)C[C@H]2[C@@H]3CC=C4C=CCC[C@]4(C)[C@H]3CC[C@]12C.